The lowest BCUT2D eigenvalue weighted by Crippen LogP contribution is -2.56. The molecule has 1 saturated carbocycles. The normalized spacial score (nSPS) is 26.3. The molecule has 0 aromatic heterocycles. The predicted molar refractivity (Wildman–Crippen MR) is 70.8 cm³/mol. The van der Waals surface area contributed by atoms with E-state index in [2.05, 4.69) is 12.2 Å². The minimum absolute atomic E-state index is 0.0496. The van der Waals surface area contributed by atoms with E-state index in [1.54, 1.807) is 11.9 Å². The van der Waals surface area contributed by atoms with Crippen molar-refractivity contribution < 1.29 is 9.59 Å². The van der Waals surface area contributed by atoms with Gasteiger partial charge in [-0.05, 0) is 25.2 Å². The van der Waals surface area contributed by atoms with Crippen LogP contribution < -0.4 is 11.1 Å². The molecule has 0 saturated heterocycles. The van der Waals surface area contributed by atoms with Crippen molar-refractivity contribution in [2.24, 2.45) is 17.1 Å². The van der Waals surface area contributed by atoms with Crippen LogP contribution >= 0.6 is 0 Å². The molecule has 0 aromatic rings. The Balaban J connectivity index is 2.72. The molecule has 0 spiro atoms. The molecular formula is C13H25N3O2. The summed E-state index contributed by atoms with van der Waals surface area (Å²) >= 11 is 0. The summed E-state index contributed by atoms with van der Waals surface area (Å²) in [6.45, 7) is 5.26. The molecule has 0 unspecified atom stereocenters. The molecule has 0 atom stereocenters. The van der Waals surface area contributed by atoms with E-state index in [-0.39, 0.29) is 18.4 Å². The number of nitrogens with two attached hydrogens (primary N) is 1. The Morgan fingerprint density at radius 3 is 2.44 bits per heavy atom. The van der Waals surface area contributed by atoms with Crippen molar-refractivity contribution in [1.29, 1.82) is 0 Å². The molecule has 1 aliphatic carbocycles. The van der Waals surface area contributed by atoms with Gasteiger partial charge in [-0.3, -0.25) is 9.59 Å². The fraction of sp³-hybridized carbons (Fsp3) is 0.846. The number of carbonyl (C=O) groups is 2. The van der Waals surface area contributed by atoms with Crippen LogP contribution in [0.2, 0.25) is 0 Å². The maximum Gasteiger partial charge on any atom is 0.239 e. The van der Waals surface area contributed by atoms with Gasteiger partial charge in [0.2, 0.25) is 11.8 Å². The van der Waals surface area contributed by atoms with Crippen LogP contribution in [-0.4, -0.2) is 43.4 Å². The van der Waals surface area contributed by atoms with Gasteiger partial charge < -0.3 is 16.0 Å². The SMILES string of the molecule is CCCN(CC(=O)NC)C(=O)C1(CN)CC(C)C1. The number of rotatable bonds is 6. The summed E-state index contributed by atoms with van der Waals surface area (Å²) in [5, 5.41) is 2.56. The Morgan fingerprint density at radius 1 is 1.44 bits per heavy atom. The summed E-state index contributed by atoms with van der Waals surface area (Å²) in [6.07, 6.45) is 2.53. The highest BCUT2D eigenvalue weighted by molar-refractivity contribution is 5.88. The molecule has 18 heavy (non-hydrogen) atoms. The molecule has 5 nitrogen and oxygen atoms in total. The third kappa shape index (κ3) is 3.02. The minimum Gasteiger partial charge on any atom is -0.358 e. The van der Waals surface area contributed by atoms with Crippen molar-refractivity contribution in [3.63, 3.8) is 0 Å². The van der Waals surface area contributed by atoms with E-state index in [0.717, 1.165) is 19.3 Å². The predicted octanol–water partition coefficient (Wildman–Crippen LogP) is 0.346. The molecular weight excluding hydrogens is 230 g/mol. The van der Waals surface area contributed by atoms with E-state index in [9.17, 15) is 9.59 Å². The molecule has 1 fully saturated rings. The maximum absolute atomic E-state index is 12.5. The molecule has 1 aliphatic rings. The molecule has 0 heterocycles. The maximum atomic E-state index is 12.5. The summed E-state index contributed by atoms with van der Waals surface area (Å²) in [5.41, 5.74) is 5.37. The van der Waals surface area contributed by atoms with Gasteiger partial charge in [0, 0.05) is 20.1 Å². The van der Waals surface area contributed by atoms with Gasteiger partial charge in [-0.15, -0.1) is 0 Å². The van der Waals surface area contributed by atoms with E-state index in [1.165, 1.54) is 0 Å². The van der Waals surface area contributed by atoms with Gasteiger partial charge in [-0.1, -0.05) is 13.8 Å². The zero-order chi connectivity index (χ0) is 13.8. The van der Waals surface area contributed by atoms with Gasteiger partial charge in [0.15, 0.2) is 0 Å². The van der Waals surface area contributed by atoms with E-state index in [1.807, 2.05) is 6.92 Å². The number of amides is 2. The van der Waals surface area contributed by atoms with Crippen LogP contribution in [0.25, 0.3) is 0 Å². The van der Waals surface area contributed by atoms with Crippen molar-refractivity contribution >= 4 is 11.8 Å². The number of likely N-dealkylation sites (N-methyl/N-ethyl adjacent to an activating group) is 1. The van der Waals surface area contributed by atoms with Crippen LogP contribution in [0.4, 0.5) is 0 Å². The smallest absolute Gasteiger partial charge is 0.239 e. The van der Waals surface area contributed by atoms with Crippen LogP contribution in [0.5, 0.6) is 0 Å². The average molecular weight is 255 g/mol. The second-order valence-electron chi connectivity index (χ2n) is 5.40. The molecule has 1 rings (SSSR count). The lowest BCUT2D eigenvalue weighted by atomic mass is 9.62. The van der Waals surface area contributed by atoms with Gasteiger partial charge >= 0.3 is 0 Å². The lowest BCUT2D eigenvalue weighted by Gasteiger charge is -2.46. The van der Waals surface area contributed by atoms with Crippen LogP contribution in [0, 0.1) is 11.3 Å². The second kappa shape index (κ2) is 6.18. The summed E-state index contributed by atoms with van der Waals surface area (Å²) in [4.78, 5) is 25.6. The third-order valence-electron chi connectivity index (χ3n) is 3.72. The number of nitrogens with one attached hydrogen (secondary N) is 1. The summed E-state index contributed by atoms with van der Waals surface area (Å²) in [5.74, 6) is 0.478. The van der Waals surface area contributed by atoms with Crippen molar-refractivity contribution in [3.8, 4) is 0 Å². The zero-order valence-electron chi connectivity index (χ0n) is 11.7. The summed E-state index contributed by atoms with van der Waals surface area (Å²) < 4.78 is 0. The molecule has 0 aromatic carbocycles. The second-order valence-corrected chi connectivity index (χ2v) is 5.40. The standard InChI is InChI=1S/C13H25N3O2/c1-4-5-16(8-11(17)15-3)12(18)13(9-14)6-10(2)7-13/h10H,4-9,14H2,1-3H3,(H,15,17). The molecule has 3 N–H and O–H groups in total. The van der Waals surface area contributed by atoms with Crippen molar-refractivity contribution in [1.82, 2.24) is 10.2 Å². The van der Waals surface area contributed by atoms with Crippen LogP contribution in [0.15, 0.2) is 0 Å². The first-order chi connectivity index (χ1) is 8.49. The molecule has 0 radical (unpaired) electrons. The zero-order valence-corrected chi connectivity index (χ0v) is 11.7. The third-order valence-corrected chi connectivity index (χ3v) is 3.72. The Hall–Kier alpha value is -1.10. The van der Waals surface area contributed by atoms with Crippen molar-refractivity contribution in [2.75, 3.05) is 26.7 Å². The van der Waals surface area contributed by atoms with Crippen LogP contribution in [-0.2, 0) is 9.59 Å². The largest absolute Gasteiger partial charge is 0.358 e. The highest BCUT2D eigenvalue weighted by Gasteiger charge is 2.48. The number of hydrogen-bond acceptors (Lipinski definition) is 3. The molecule has 0 aliphatic heterocycles. The van der Waals surface area contributed by atoms with Crippen molar-refractivity contribution in [3.05, 3.63) is 0 Å². The monoisotopic (exact) mass is 255 g/mol. The quantitative estimate of drug-likeness (QED) is 0.719. The highest BCUT2D eigenvalue weighted by Crippen LogP contribution is 2.45. The number of carbonyl (C=O) groups excluding carboxylic acids is 2. The first kappa shape index (κ1) is 15.0. The summed E-state index contributed by atoms with van der Waals surface area (Å²) in [6, 6.07) is 0. The van der Waals surface area contributed by atoms with E-state index in [0.29, 0.717) is 19.0 Å². The summed E-state index contributed by atoms with van der Waals surface area (Å²) in [7, 11) is 1.58. The lowest BCUT2D eigenvalue weighted by molar-refractivity contribution is -0.151. The van der Waals surface area contributed by atoms with Gasteiger partial charge in [-0.25, -0.2) is 0 Å². The molecule has 5 heteroatoms. The van der Waals surface area contributed by atoms with E-state index < -0.39 is 5.41 Å². The Morgan fingerprint density at radius 2 is 2.06 bits per heavy atom. The van der Waals surface area contributed by atoms with E-state index in [4.69, 9.17) is 5.73 Å². The number of nitrogens with zero attached hydrogens (tertiary/aromatic N) is 1. The van der Waals surface area contributed by atoms with E-state index >= 15 is 0 Å². The fourth-order valence-electron chi connectivity index (χ4n) is 2.81. The Labute approximate surface area is 109 Å². The first-order valence-electron chi connectivity index (χ1n) is 6.69. The average Bonchev–Trinajstić information content (AvgIpc) is 2.33. The minimum atomic E-state index is -0.414. The van der Waals surface area contributed by atoms with Crippen LogP contribution in [0.1, 0.15) is 33.1 Å². The molecule has 2 amide bonds. The van der Waals surface area contributed by atoms with Gasteiger partial charge in [0.1, 0.15) is 0 Å². The Bertz CT molecular complexity index is 311. The van der Waals surface area contributed by atoms with Crippen molar-refractivity contribution in [2.45, 2.75) is 33.1 Å². The van der Waals surface area contributed by atoms with Crippen LogP contribution in [0.3, 0.4) is 0 Å². The first-order valence-corrected chi connectivity index (χ1v) is 6.69. The van der Waals surface area contributed by atoms with Gasteiger partial charge in [0.25, 0.3) is 0 Å². The highest BCUT2D eigenvalue weighted by atomic mass is 16.2. The fourth-order valence-corrected chi connectivity index (χ4v) is 2.81. The molecule has 0 bridgehead atoms. The Kier molecular flexibility index (Phi) is 5.14. The molecule has 104 valence electrons. The van der Waals surface area contributed by atoms with Gasteiger partial charge in [-0.2, -0.15) is 0 Å². The number of hydrogen-bond donors (Lipinski definition) is 2. The van der Waals surface area contributed by atoms with Gasteiger partial charge in [0.05, 0.1) is 12.0 Å². The topological polar surface area (TPSA) is 75.4 Å².